The Morgan fingerprint density at radius 3 is 2.52 bits per heavy atom. The van der Waals surface area contributed by atoms with Crippen LogP contribution in [0.3, 0.4) is 0 Å². The fraction of sp³-hybridized carbons (Fsp3) is 0.364. The smallest absolute Gasteiger partial charge is 0.254 e. The highest BCUT2D eigenvalue weighted by atomic mass is 32.2. The van der Waals surface area contributed by atoms with Crippen LogP contribution >= 0.6 is 0 Å². The average Bonchev–Trinajstić information content (AvgIpc) is 2.78. The number of hydrogen-bond donors (Lipinski definition) is 2. The monoisotopic (exact) mass is 481 g/mol. The van der Waals surface area contributed by atoms with E-state index in [1.807, 2.05) is 0 Å². The molecule has 0 radical (unpaired) electrons. The number of ether oxygens (including phenoxy) is 1. The second kappa shape index (κ2) is 10.8. The van der Waals surface area contributed by atoms with Crippen LogP contribution in [-0.4, -0.2) is 57.4 Å². The number of rotatable bonds is 8. The molecule has 0 aromatic heterocycles. The number of hydrogen-bond acceptors (Lipinski definition) is 5. The van der Waals surface area contributed by atoms with Crippen LogP contribution in [0.15, 0.2) is 41.3 Å². The summed E-state index contributed by atoms with van der Waals surface area (Å²) in [4.78, 5) is 24.3. The first-order valence-electron chi connectivity index (χ1n) is 10.4. The third kappa shape index (κ3) is 6.34. The molecule has 2 N–H and O–H groups in total. The summed E-state index contributed by atoms with van der Waals surface area (Å²) in [6.45, 7) is 3.00. The van der Waals surface area contributed by atoms with Gasteiger partial charge in [-0.3, -0.25) is 9.59 Å². The highest BCUT2D eigenvalue weighted by Crippen LogP contribution is 2.24. The van der Waals surface area contributed by atoms with Gasteiger partial charge in [-0.1, -0.05) is 6.07 Å². The Kier molecular flexibility index (Phi) is 8.11. The predicted molar refractivity (Wildman–Crippen MR) is 117 cm³/mol. The summed E-state index contributed by atoms with van der Waals surface area (Å²) >= 11 is 0. The number of morpholine rings is 1. The first-order valence-corrected chi connectivity index (χ1v) is 11.8. The van der Waals surface area contributed by atoms with Gasteiger partial charge in [-0.25, -0.2) is 17.2 Å². The van der Waals surface area contributed by atoms with Gasteiger partial charge in [0, 0.05) is 37.8 Å². The zero-order valence-corrected chi connectivity index (χ0v) is 18.9. The van der Waals surface area contributed by atoms with E-state index in [0.29, 0.717) is 30.5 Å². The summed E-state index contributed by atoms with van der Waals surface area (Å²) in [5, 5.41) is 5.13. The number of nitrogens with zero attached hydrogens (tertiary/aromatic N) is 1. The molecule has 3 rings (SSSR count). The van der Waals surface area contributed by atoms with Crippen LogP contribution in [0.5, 0.6) is 0 Å². The third-order valence-electron chi connectivity index (χ3n) is 5.10. The quantitative estimate of drug-likeness (QED) is 0.564. The zero-order chi connectivity index (χ0) is 24.0. The number of nitrogens with one attached hydrogen (secondary N) is 2. The van der Waals surface area contributed by atoms with E-state index < -0.39 is 27.6 Å². The molecular formula is C22H25F2N3O5S. The summed E-state index contributed by atoms with van der Waals surface area (Å²) in [6, 6.07) is 7.33. The SMILES string of the molecule is Cc1ccc(NC(=O)CCCNC(=O)c2ccc(F)cc2F)cc1S(=O)(=O)N1CCOCC1. The average molecular weight is 482 g/mol. The molecule has 0 spiro atoms. The van der Waals surface area contributed by atoms with Crippen molar-refractivity contribution in [2.24, 2.45) is 0 Å². The summed E-state index contributed by atoms with van der Waals surface area (Å²) in [5.41, 5.74) is 0.625. The van der Waals surface area contributed by atoms with E-state index in [-0.39, 0.29) is 48.8 Å². The van der Waals surface area contributed by atoms with E-state index in [1.54, 1.807) is 19.1 Å². The number of carbonyl (C=O) groups excluding carboxylic acids is 2. The van der Waals surface area contributed by atoms with Crippen molar-refractivity contribution < 1.29 is 31.5 Å². The fourth-order valence-electron chi connectivity index (χ4n) is 3.32. The Hall–Kier alpha value is -2.89. The standard InChI is InChI=1S/C22H25F2N3O5S/c1-15-4-6-17(14-20(15)33(30,31)27-9-11-32-12-10-27)26-21(28)3-2-8-25-22(29)18-7-5-16(23)13-19(18)24/h4-7,13-14H,2-3,8-12H2,1H3,(H,25,29)(H,26,28). The Labute approximate surface area is 191 Å². The van der Waals surface area contributed by atoms with E-state index in [9.17, 15) is 26.8 Å². The maximum absolute atomic E-state index is 13.6. The molecule has 1 aliphatic heterocycles. The van der Waals surface area contributed by atoms with Crippen molar-refractivity contribution in [1.82, 2.24) is 9.62 Å². The highest BCUT2D eigenvalue weighted by molar-refractivity contribution is 7.89. The molecule has 11 heteroatoms. The molecule has 178 valence electrons. The number of carbonyl (C=O) groups is 2. The third-order valence-corrected chi connectivity index (χ3v) is 7.14. The van der Waals surface area contributed by atoms with Gasteiger partial charge in [0.1, 0.15) is 11.6 Å². The Bertz CT molecular complexity index is 1130. The molecule has 1 fully saturated rings. The lowest BCUT2D eigenvalue weighted by molar-refractivity contribution is -0.116. The first kappa shape index (κ1) is 24.7. The predicted octanol–water partition coefficient (Wildman–Crippen LogP) is 2.44. The molecule has 1 heterocycles. The number of aryl methyl sites for hydroxylation is 1. The van der Waals surface area contributed by atoms with Gasteiger partial charge in [0.15, 0.2) is 0 Å². The molecule has 2 aromatic carbocycles. The van der Waals surface area contributed by atoms with E-state index in [2.05, 4.69) is 10.6 Å². The molecule has 33 heavy (non-hydrogen) atoms. The second-order valence-corrected chi connectivity index (χ2v) is 9.43. The van der Waals surface area contributed by atoms with Crippen LogP contribution in [-0.2, 0) is 19.6 Å². The molecule has 0 unspecified atom stereocenters. The molecule has 0 atom stereocenters. The van der Waals surface area contributed by atoms with Gasteiger partial charge >= 0.3 is 0 Å². The molecule has 2 amide bonds. The summed E-state index contributed by atoms with van der Waals surface area (Å²) in [6.07, 6.45) is 0.316. The van der Waals surface area contributed by atoms with Crippen LogP contribution in [0, 0.1) is 18.6 Å². The molecule has 0 aliphatic carbocycles. The number of benzene rings is 2. The molecule has 1 aliphatic rings. The van der Waals surface area contributed by atoms with E-state index in [0.717, 1.165) is 12.1 Å². The Morgan fingerprint density at radius 2 is 1.82 bits per heavy atom. The lowest BCUT2D eigenvalue weighted by Crippen LogP contribution is -2.40. The van der Waals surface area contributed by atoms with Gasteiger partial charge in [-0.2, -0.15) is 4.31 Å². The number of anilines is 1. The zero-order valence-electron chi connectivity index (χ0n) is 18.1. The van der Waals surface area contributed by atoms with Gasteiger partial charge in [0.05, 0.1) is 23.7 Å². The highest BCUT2D eigenvalue weighted by Gasteiger charge is 2.28. The van der Waals surface area contributed by atoms with Crippen molar-refractivity contribution in [2.45, 2.75) is 24.7 Å². The minimum atomic E-state index is -3.71. The van der Waals surface area contributed by atoms with Crippen molar-refractivity contribution in [3.63, 3.8) is 0 Å². The molecule has 2 aromatic rings. The van der Waals surface area contributed by atoms with Crippen molar-refractivity contribution >= 4 is 27.5 Å². The Balaban J connectivity index is 1.53. The second-order valence-electron chi connectivity index (χ2n) is 7.53. The summed E-state index contributed by atoms with van der Waals surface area (Å²) < 4.78 is 59.0. The summed E-state index contributed by atoms with van der Waals surface area (Å²) in [7, 11) is -3.71. The van der Waals surface area contributed by atoms with Crippen molar-refractivity contribution in [3.8, 4) is 0 Å². The maximum Gasteiger partial charge on any atom is 0.254 e. The molecule has 0 bridgehead atoms. The van der Waals surface area contributed by atoms with Crippen molar-refractivity contribution in [1.29, 1.82) is 0 Å². The van der Waals surface area contributed by atoms with Crippen molar-refractivity contribution in [2.75, 3.05) is 38.2 Å². The van der Waals surface area contributed by atoms with Crippen LogP contribution in [0.2, 0.25) is 0 Å². The molecule has 0 saturated carbocycles. The van der Waals surface area contributed by atoms with E-state index >= 15 is 0 Å². The summed E-state index contributed by atoms with van der Waals surface area (Å²) in [5.74, 6) is -2.81. The maximum atomic E-state index is 13.6. The number of sulfonamides is 1. The Morgan fingerprint density at radius 1 is 1.09 bits per heavy atom. The first-order chi connectivity index (χ1) is 15.7. The van der Waals surface area contributed by atoms with Crippen LogP contribution in [0.1, 0.15) is 28.8 Å². The molecule has 1 saturated heterocycles. The van der Waals surface area contributed by atoms with E-state index in [1.165, 1.54) is 10.4 Å². The molecule has 8 nitrogen and oxygen atoms in total. The minimum Gasteiger partial charge on any atom is -0.379 e. The van der Waals surface area contributed by atoms with E-state index in [4.69, 9.17) is 4.74 Å². The van der Waals surface area contributed by atoms with Crippen molar-refractivity contribution in [3.05, 3.63) is 59.2 Å². The topological polar surface area (TPSA) is 105 Å². The number of halogens is 2. The van der Waals surface area contributed by atoms with Gasteiger partial charge in [-0.05, 0) is 43.2 Å². The largest absolute Gasteiger partial charge is 0.379 e. The van der Waals surface area contributed by atoms with Crippen LogP contribution < -0.4 is 10.6 Å². The molecular weight excluding hydrogens is 456 g/mol. The lowest BCUT2D eigenvalue weighted by Gasteiger charge is -2.26. The fourth-order valence-corrected chi connectivity index (χ4v) is 4.98. The van der Waals surface area contributed by atoms with Crippen LogP contribution in [0.4, 0.5) is 14.5 Å². The lowest BCUT2D eigenvalue weighted by atomic mass is 10.2. The van der Waals surface area contributed by atoms with Gasteiger partial charge < -0.3 is 15.4 Å². The normalized spacial score (nSPS) is 14.6. The van der Waals surface area contributed by atoms with Gasteiger partial charge in [0.2, 0.25) is 15.9 Å². The van der Waals surface area contributed by atoms with Gasteiger partial charge in [0.25, 0.3) is 5.91 Å². The minimum absolute atomic E-state index is 0.0472. The number of amides is 2. The van der Waals surface area contributed by atoms with Crippen LogP contribution in [0.25, 0.3) is 0 Å². The van der Waals surface area contributed by atoms with Gasteiger partial charge in [-0.15, -0.1) is 0 Å².